The number of carbonyl (C=O) groups is 1. The Morgan fingerprint density at radius 2 is 1.92 bits per heavy atom. The van der Waals surface area contributed by atoms with Crippen LogP contribution < -0.4 is 15.8 Å². The van der Waals surface area contributed by atoms with Crippen LogP contribution in [0.4, 0.5) is 4.39 Å². The van der Waals surface area contributed by atoms with E-state index < -0.39 is 61.4 Å². The molecule has 6 atom stereocenters. The Morgan fingerprint density at radius 1 is 1.25 bits per heavy atom. The maximum Gasteiger partial charge on any atom is 0.380 e. The van der Waals surface area contributed by atoms with Crippen LogP contribution in [0.3, 0.4) is 0 Å². The number of hydrogen-bond donors (Lipinski definition) is 2. The van der Waals surface area contributed by atoms with Crippen molar-refractivity contribution in [3.63, 3.8) is 0 Å². The van der Waals surface area contributed by atoms with E-state index in [1.54, 1.807) is 44.2 Å². The van der Waals surface area contributed by atoms with Crippen LogP contribution in [0.1, 0.15) is 33.9 Å². The van der Waals surface area contributed by atoms with Crippen LogP contribution in [0.5, 0.6) is 5.75 Å². The Bertz CT molecular complexity index is 1210. The number of halogens is 1. The Kier molecular flexibility index (Phi) is 8.55. The van der Waals surface area contributed by atoms with Gasteiger partial charge in [0.05, 0.1) is 24.8 Å². The Labute approximate surface area is 206 Å². The van der Waals surface area contributed by atoms with E-state index in [0.717, 1.165) is 23.8 Å². The molecule has 198 valence electrons. The van der Waals surface area contributed by atoms with Crippen LogP contribution in [0, 0.1) is 5.92 Å². The second kappa shape index (κ2) is 11.1. The fourth-order valence-corrected chi connectivity index (χ4v) is 5.54. The highest BCUT2D eigenvalue weighted by Gasteiger charge is 2.55. The lowest BCUT2D eigenvalue weighted by atomic mass is 9.98. The van der Waals surface area contributed by atoms with Gasteiger partial charge < -0.3 is 19.1 Å². The van der Waals surface area contributed by atoms with Gasteiger partial charge in [-0.2, -0.15) is 0 Å². The lowest BCUT2D eigenvalue weighted by Crippen LogP contribution is -2.43. The summed E-state index contributed by atoms with van der Waals surface area (Å²) in [7, 11) is -4.05. The van der Waals surface area contributed by atoms with Crippen LogP contribution >= 0.6 is 7.60 Å². The molecule has 0 bridgehead atoms. The maximum atomic E-state index is 15.4. The van der Waals surface area contributed by atoms with Crippen molar-refractivity contribution >= 4 is 13.6 Å². The molecule has 0 spiro atoms. The highest BCUT2D eigenvalue weighted by atomic mass is 31.2. The molecule has 1 fully saturated rings. The van der Waals surface area contributed by atoms with E-state index in [4.69, 9.17) is 18.5 Å². The standard InChI is InChI=1S/C23H30FN2O9P/c1-14(2)33-20(29)15(3)13-36(31,35-16-8-6-5-7-9-16)32-12-17-19(28)23(4,24)21(34-17)26-11-10-18(27)25-22(26)30/h5-11,14-15,17,19,21,28H,12-13H2,1-4H3,(H,25,27,30)/t15-,17-,19-,21-,23-,36?/m1/s1. The summed E-state index contributed by atoms with van der Waals surface area (Å²) in [5.41, 5.74) is -4.07. The molecular weight excluding hydrogens is 498 g/mol. The summed E-state index contributed by atoms with van der Waals surface area (Å²) < 4.78 is 51.8. The van der Waals surface area contributed by atoms with Crippen LogP contribution in [-0.2, 0) is 23.4 Å². The van der Waals surface area contributed by atoms with Crippen molar-refractivity contribution in [1.82, 2.24) is 9.55 Å². The van der Waals surface area contributed by atoms with Gasteiger partial charge in [0, 0.05) is 12.3 Å². The van der Waals surface area contributed by atoms with Crippen molar-refractivity contribution < 1.29 is 37.4 Å². The fourth-order valence-electron chi connectivity index (χ4n) is 3.67. The molecule has 1 aliphatic heterocycles. The summed E-state index contributed by atoms with van der Waals surface area (Å²) in [6, 6.07) is 9.14. The van der Waals surface area contributed by atoms with Crippen LogP contribution in [0.2, 0.25) is 0 Å². The van der Waals surface area contributed by atoms with Crippen LogP contribution in [0.25, 0.3) is 0 Å². The van der Waals surface area contributed by atoms with Gasteiger partial charge in [-0.3, -0.25) is 23.7 Å². The van der Waals surface area contributed by atoms with Crippen molar-refractivity contribution in [3.8, 4) is 5.75 Å². The number of aromatic amines is 1. The molecule has 36 heavy (non-hydrogen) atoms. The molecule has 2 heterocycles. The number of rotatable bonds is 10. The second-order valence-electron chi connectivity index (χ2n) is 9.02. The molecular formula is C23H30FN2O9P. The SMILES string of the molecule is CC(C)OC(=O)[C@H](C)CP(=O)(OC[C@H]1O[C@@H](n2ccc(=O)[nH]c2=O)[C@](C)(F)[C@@H]1O)Oc1ccccc1. The summed E-state index contributed by atoms with van der Waals surface area (Å²) in [4.78, 5) is 37.8. The number of nitrogens with zero attached hydrogens (tertiary/aromatic N) is 1. The zero-order chi connectivity index (χ0) is 26.7. The van der Waals surface area contributed by atoms with Gasteiger partial charge in [0.25, 0.3) is 5.56 Å². The van der Waals surface area contributed by atoms with Gasteiger partial charge >= 0.3 is 19.3 Å². The van der Waals surface area contributed by atoms with Crippen molar-refractivity contribution in [2.24, 2.45) is 5.92 Å². The van der Waals surface area contributed by atoms with Crippen molar-refractivity contribution in [1.29, 1.82) is 0 Å². The van der Waals surface area contributed by atoms with Crippen molar-refractivity contribution in [3.05, 3.63) is 63.4 Å². The normalized spacial score (nSPS) is 26.4. The van der Waals surface area contributed by atoms with Gasteiger partial charge in [-0.15, -0.1) is 0 Å². The number of H-pyrrole nitrogens is 1. The molecule has 0 aliphatic carbocycles. The number of aliphatic hydroxyl groups excluding tert-OH is 1. The van der Waals surface area contributed by atoms with Gasteiger partial charge in [0.15, 0.2) is 11.9 Å². The Balaban J connectivity index is 1.80. The van der Waals surface area contributed by atoms with Crippen molar-refractivity contribution in [2.45, 2.75) is 57.9 Å². The molecule has 1 aromatic heterocycles. The third kappa shape index (κ3) is 6.50. The van der Waals surface area contributed by atoms with E-state index >= 15 is 4.39 Å². The minimum atomic E-state index is -4.05. The van der Waals surface area contributed by atoms with Gasteiger partial charge in [-0.1, -0.05) is 25.1 Å². The number of carbonyl (C=O) groups excluding carboxylic acids is 1. The number of aliphatic hydroxyl groups is 1. The van der Waals surface area contributed by atoms with Crippen LogP contribution in [0.15, 0.2) is 52.2 Å². The molecule has 11 nitrogen and oxygen atoms in total. The topological polar surface area (TPSA) is 146 Å². The zero-order valence-corrected chi connectivity index (χ0v) is 21.2. The van der Waals surface area contributed by atoms with Gasteiger partial charge in [0.2, 0.25) is 0 Å². The highest BCUT2D eigenvalue weighted by molar-refractivity contribution is 7.54. The molecule has 1 unspecified atom stereocenters. The van der Waals surface area contributed by atoms with Gasteiger partial charge in [-0.05, 0) is 32.9 Å². The van der Waals surface area contributed by atoms with E-state index in [-0.39, 0.29) is 18.0 Å². The largest absolute Gasteiger partial charge is 0.463 e. The monoisotopic (exact) mass is 528 g/mol. The Morgan fingerprint density at radius 3 is 2.53 bits per heavy atom. The average molecular weight is 528 g/mol. The predicted octanol–water partition coefficient (Wildman–Crippen LogP) is 2.40. The van der Waals surface area contributed by atoms with Crippen LogP contribution in [-0.4, -0.2) is 57.4 Å². The fraction of sp³-hybridized carbons (Fsp3) is 0.522. The molecule has 3 rings (SSSR count). The number of para-hydroxylation sites is 1. The zero-order valence-electron chi connectivity index (χ0n) is 20.3. The van der Waals surface area contributed by atoms with E-state index in [1.165, 1.54) is 6.92 Å². The molecule has 1 aromatic carbocycles. The molecule has 0 amide bonds. The lowest BCUT2D eigenvalue weighted by molar-refractivity contribution is -0.151. The Hall–Kier alpha value is -2.79. The number of alkyl halides is 1. The first-order valence-corrected chi connectivity index (χ1v) is 13.1. The lowest BCUT2D eigenvalue weighted by Gasteiger charge is -2.25. The maximum absolute atomic E-state index is 15.4. The first-order chi connectivity index (χ1) is 16.8. The summed E-state index contributed by atoms with van der Waals surface area (Å²) in [5.74, 6) is -1.25. The van der Waals surface area contributed by atoms with E-state index in [1.807, 2.05) is 4.98 Å². The number of hydrogen-bond acceptors (Lipinski definition) is 9. The molecule has 1 aliphatic rings. The third-order valence-electron chi connectivity index (χ3n) is 5.50. The minimum absolute atomic E-state index is 0.214. The summed E-state index contributed by atoms with van der Waals surface area (Å²) in [5, 5.41) is 10.6. The first-order valence-electron chi connectivity index (χ1n) is 11.3. The molecule has 1 saturated heterocycles. The van der Waals surface area contributed by atoms with Gasteiger partial charge in [0.1, 0.15) is 18.0 Å². The summed E-state index contributed by atoms with van der Waals surface area (Å²) >= 11 is 0. The smallest absolute Gasteiger partial charge is 0.380 e. The first kappa shape index (κ1) is 27.8. The van der Waals surface area contributed by atoms with Crippen molar-refractivity contribution in [2.75, 3.05) is 12.8 Å². The molecule has 0 radical (unpaired) electrons. The van der Waals surface area contributed by atoms with E-state index in [2.05, 4.69) is 0 Å². The minimum Gasteiger partial charge on any atom is -0.463 e. The number of nitrogens with one attached hydrogen (secondary N) is 1. The number of aromatic nitrogens is 2. The average Bonchev–Trinajstić information content (AvgIpc) is 3.01. The number of ether oxygens (including phenoxy) is 2. The predicted molar refractivity (Wildman–Crippen MR) is 127 cm³/mol. The molecule has 0 saturated carbocycles. The number of esters is 1. The summed E-state index contributed by atoms with van der Waals surface area (Å²) in [6.45, 7) is 5.32. The van der Waals surface area contributed by atoms with E-state index in [0.29, 0.717) is 0 Å². The van der Waals surface area contributed by atoms with E-state index in [9.17, 15) is 24.1 Å². The molecule has 2 N–H and O–H groups in total. The highest BCUT2D eigenvalue weighted by Crippen LogP contribution is 2.51. The second-order valence-corrected chi connectivity index (χ2v) is 11.0. The molecule has 13 heteroatoms. The number of benzene rings is 1. The quantitative estimate of drug-likeness (QED) is 0.351. The summed E-state index contributed by atoms with van der Waals surface area (Å²) in [6.07, 6.45) is -4.42. The molecule has 2 aromatic rings. The third-order valence-corrected chi connectivity index (χ3v) is 7.52. The van der Waals surface area contributed by atoms with Gasteiger partial charge in [-0.25, -0.2) is 13.8 Å².